The van der Waals surface area contributed by atoms with Crippen LogP contribution in [-0.4, -0.2) is 57.5 Å². The van der Waals surface area contributed by atoms with Gasteiger partial charge < -0.3 is 14.5 Å². The molecular formula is C22H24FN5O2S2. The Morgan fingerprint density at radius 2 is 1.88 bits per heavy atom. The van der Waals surface area contributed by atoms with Gasteiger partial charge in [0.15, 0.2) is 5.82 Å². The molecule has 0 unspecified atom stereocenters. The number of hydrogen-bond acceptors (Lipinski definition) is 7. The molecule has 10 heteroatoms. The van der Waals surface area contributed by atoms with E-state index in [0.717, 1.165) is 43.6 Å². The maximum atomic E-state index is 14.5. The van der Waals surface area contributed by atoms with Gasteiger partial charge >= 0.3 is 6.09 Å². The molecule has 168 valence electrons. The van der Waals surface area contributed by atoms with Crippen molar-refractivity contribution >= 4 is 54.2 Å². The van der Waals surface area contributed by atoms with E-state index in [-0.39, 0.29) is 11.9 Å². The summed E-state index contributed by atoms with van der Waals surface area (Å²) < 4.78 is 22.7. The first-order valence-electron chi connectivity index (χ1n) is 10.4. The molecule has 1 fully saturated rings. The van der Waals surface area contributed by atoms with Crippen molar-refractivity contribution in [3.05, 3.63) is 30.2 Å². The standard InChI is InChI=1S/C22H24FN5O2S2/c1-22(2,3)30-21(29)28-7-5-27(6-8-28)17-11-16-20(32-17)24-19(31-16)13-9-14-12-26(4)25-18(14)15(23)10-13/h9-12H,5-8H2,1-4H3. The minimum atomic E-state index is -0.486. The van der Waals surface area contributed by atoms with Crippen LogP contribution in [0.2, 0.25) is 0 Å². The Bertz CT molecular complexity index is 1280. The number of hydrogen-bond donors (Lipinski definition) is 0. The van der Waals surface area contributed by atoms with Crippen molar-refractivity contribution in [2.75, 3.05) is 31.1 Å². The maximum absolute atomic E-state index is 14.5. The number of ether oxygens (including phenoxy) is 1. The number of aryl methyl sites for hydroxylation is 1. The van der Waals surface area contributed by atoms with E-state index in [1.807, 2.05) is 33.0 Å². The monoisotopic (exact) mass is 473 g/mol. The molecule has 1 amide bonds. The van der Waals surface area contributed by atoms with Crippen LogP contribution in [0, 0.1) is 5.82 Å². The summed E-state index contributed by atoms with van der Waals surface area (Å²) in [5, 5.41) is 6.88. The van der Waals surface area contributed by atoms with Gasteiger partial charge in [-0.05, 0) is 39.0 Å². The molecule has 0 saturated carbocycles. The van der Waals surface area contributed by atoms with Gasteiger partial charge in [-0.3, -0.25) is 4.68 Å². The molecule has 0 spiro atoms. The predicted molar refractivity (Wildman–Crippen MR) is 127 cm³/mol. The van der Waals surface area contributed by atoms with Crippen LogP contribution < -0.4 is 4.90 Å². The number of rotatable bonds is 2. The fraction of sp³-hybridized carbons (Fsp3) is 0.409. The number of fused-ring (bicyclic) bond motifs is 2. The first-order chi connectivity index (χ1) is 15.2. The van der Waals surface area contributed by atoms with Crippen LogP contribution in [-0.2, 0) is 11.8 Å². The Labute approximate surface area is 193 Å². The highest BCUT2D eigenvalue weighted by Gasteiger charge is 2.27. The summed E-state index contributed by atoms with van der Waals surface area (Å²) in [4.78, 5) is 22.0. The minimum absolute atomic E-state index is 0.256. The van der Waals surface area contributed by atoms with Crippen LogP contribution in [0.3, 0.4) is 0 Å². The van der Waals surface area contributed by atoms with E-state index in [1.54, 1.807) is 39.3 Å². The molecule has 0 radical (unpaired) electrons. The van der Waals surface area contributed by atoms with E-state index in [2.05, 4.69) is 16.1 Å². The second-order valence-corrected chi connectivity index (χ2v) is 11.0. The molecule has 1 aliphatic heterocycles. The first-order valence-corrected chi connectivity index (χ1v) is 12.1. The molecule has 32 heavy (non-hydrogen) atoms. The molecule has 4 aromatic rings. The van der Waals surface area contributed by atoms with Crippen LogP contribution >= 0.6 is 22.7 Å². The molecule has 0 N–H and O–H groups in total. The average molecular weight is 474 g/mol. The summed E-state index contributed by atoms with van der Waals surface area (Å²) in [5.41, 5.74) is 0.659. The lowest BCUT2D eigenvalue weighted by molar-refractivity contribution is 0.0241. The zero-order valence-electron chi connectivity index (χ0n) is 18.4. The maximum Gasteiger partial charge on any atom is 0.410 e. The molecule has 0 atom stereocenters. The van der Waals surface area contributed by atoms with Crippen molar-refractivity contribution in [1.82, 2.24) is 19.7 Å². The van der Waals surface area contributed by atoms with Crippen molar-refractivity contribution in [3.63, 3.8) is 0 Å². The van der Waals surface area contributed by atoms with E-state index in [0.29, 0.717) is 18.6 Å². The third-order valence-corrected chi connectivity index (χ3v) is 7.51. The molecule has 1 saturated heterocycles. The van der Waals surface area contributed by atoms with Gasteiger partial charge in [-0.2, -0.15) is 5.10 Å². The summed E-state index contributed by atoms with van der Waals surface area (Å²) in [6, 6.07) is 5.59. The van der Waals surface area contributed by atoms with Gasteiger partial charge in [0.05, 0.1) is 9.70 Å². The fourth-order valence-electron chi connectivity index (χ4n) is 3.77. The third-order valence-electron chi connectivity index (χ3n) is 5.24. The summed E-state index contributed by atoms with van der Waals surface area (Å²) in [6.45, 7) is 8.40. The number of piperazine rings is 1. The Kier molecular flexibility index (Phi) is 5.09. The van der Waals surface area contributed by atoms with Gasteiger partial charge in [0.1, 0.15) is 21.0 Å². The van der Waals surface area contributed by atoms with Crippen molar-refractivity contribution in [1.29, 1.82) is 0 Å². The van der Waals surface area contributed by atoms with Gasteiger partial charge in [-0.1, -0.05) is 11.3 Å². The second-order valence-electron chi connectivity index (χ2n) is 8.93. The van der Waals surface area contributed by atoms with Crippen LogP contribution in [0.4, 0.5) is 14.2 Å². The highest BCUT2D eigenvalue weighted by Crippen LogP contribution is 2.40. The molecule has 3 aromatic heterocycles. The highest BCUT2D eigenvalue weighted by atomic mass is 32.1. The minimum Gasteiger partial charge on any atom is -0.444 e. The Hall–Kier alpha value is -2.72. The SMILES string of the molecule is Cn1cc2cc(-c3nc4sc(N5CCN(C(=O)OC(C)(C)C)CC5)cc4s3)cc(F)c2n1. The van der Waals surface area contributed by atoms with Gasteiger partial charge in [-0.15, -0.1) is 11.3 Å². The summed E-state index contributed by atoms with van der Waals surface area (Å²) >= 11 is 3.20. The van der Waals surface area contributed by atoms with E-state index in [9.17, 15) is 9.18 Å². The number of amides is 1. The predicted octanol–water partition coefficient (Wildman–Crippen LogP) is 5.11. The van der Waals surface area contributed by atoms with E-state index in [1.165, 1.54) is 6.07 Å². The highest BCUT2D eigenvalue weighted by molar-refractivity contribution is 7.30. The quantitative estimate of drug-likeness (QED) is 0.405. The van der Waals surface area contributed by atoms with Crippen molar-refractivity contribution in [3.8, 4) is 10.6 Å². The molecule has 5 rings (SSSR count). The number of carbonyl (C=O) groups excluding carboxylic acids is 1. The van der Waals surface area contributed by atoms with Gasteiger partial charge in [0, 0.05) is 50.4 Å². The smallest absolute Gasteiger partial charge is 0.410 e. The molecular weight excluding hydrogens is 449 g/mol. The number of anilines is 1. The van der Waals surface area contributed by atoms with E-state index >= 15 is 0 Å². The lowest BCUT2D eigenvalue weighted by atomic mass is 10.1. The molecule has 7 nitrogen and oxygen atoms in total. The van der Waals surface area contributed by atoms with Crippen molar-refractivity contribution < 1.29 is 13.9 Å². The number of benzene rings is 1. The second kappa shape index (κ2) is 7.70. The summed E-state index contributed by atoms with van der Waals surface area (Å²) in [6.07, 6.45) is 1.56. The Balaban J connectivity index is 1.31. The zero-order chi connectivity index (χ0) is 22.6. The largest absolute Gasteiger partial charge is 0.444 e. The van der Waals surface area contributed by atoms with Crippen LogP contribution in [0.5, 0.6) is 0 Å². The lowest BCUT2D eigenvalue weighted by Gasteiger charge is -2.36. The zero-order valence-corrected chi connectivity index (χ0v) is 20.0. The topological polar surface area (TPSA) is 63.5 Å². The number of nitrogens with zero attached hydrogens (tertiary/aromatic N) is 5. The van der Waals surface area contributed by atoms with Crippen LogP contribution in [0.15, 0.2) is 24.4 Å². The van der Waals surface area contributed by atoms with Crippen LogP contribution in [0.1, 0.15) is 20.8 Å². The summed E-state index contributed by atoms with van der Waals surface area (Å²) in [5.74, 6) is -0.333. The molecule has 0 bridgehead atoms. The van der Waals surface area contributed by atoms with Crippen molar-refractivity contribution in [2.24, 2.45) is 7.05 Å². The van der Waals surface area contributed by atoms with E-state index in [4.69, 9.17) is 9.72 Å². The Morgan fingerprint density at radius 1 is 1.12 bits per heavy atom. The van der Waals surface area contributed by atoms with Crippen molar-refractivity contribution in [2.45, 2.75) is 26.4 Å². The van der Waals surface area contributed by atoms with Crippen LogP contribution in [0.25, 0.3) is 31.0 Å². The number of halogens is 1. The molecule has 0 aliphatic carbocycles. The lowest BCUT2D eigenvalue weighted by Crippen LogP contribution is -2.49. The normalized spacial score (nSPS) is 15.2. The molecule has 1 aromatic carbocycles. The molecule has 4 heterocycles. The van der Waals surface area contributed by atoms with E-state index < -0.39 is 5.60 Å². The third kappa shape index (κ3) is 4.04. The number of thiophene rings is 1. The molecule has 1 aliphatic rings. The van der Waals surface area contributed by atoms with Gasteiger partial charge in [0.25, 0.3) is 0 Å². The van der Waals surface area contributed by atoms with Gasteiger partial charge in [-0.25, -0.2) is 14.2 Å². The number of aromatic nitrogens is 3. The summed E-state index contributed by atoms with van der Waals surface area (Å²) in [7, 11) is 1.79. The fourth-order valence-corrected chi connectivity index (χ4v) is 6.02. The number of thiazole rings is 1. The van der Waals surface area contributed by atoms with Gasteiger partial charge in [0.2, 0.25) is 0 Å². The Morgan fingerprint density at radius 3 is 2.56 bits per heavy atom. The first kappa shape index (κ1) is 21.1. The number of carbonyl (C=O) groups is 1. The average Bonchev–Trinajstić information content (AvgIpc) is 3.39.